The number of hydrogen-bond donors (Lipinski definition) is 0. The molecule has 1 saturated carbocycles. The van der Waals surface area contributed by atoms with E-state index < -0.39 is 13.4 Å². The van der Waals surface area contributed by atoms with Gasteiger partial charge in [0.05, 0.1) is 0 Å². The zero-order chi connectivity index (χ0) is 8.06. The van der Waals surface area contributed by atoms with Crippen molar-refractivity contribution in [1.29, 1.82) is 0 Å². The molecule has 2 aliphatic rings. The Kier molecular flexibility index (Phi) is 1.46. The number of hydrogen-bond acceptors (Lipinski definition) is 1. The van der Waals surface area contributed by atoms with Crippen molar-refractivity contribution >= 4 is 6.98 Å². The molecule has 11 heavy (non-hydrogen) atoms. The van der Waals surface area contributed by atoms with Crippen molar-refractivity contribution < 1.29 is 12.9 Å². The Morgan fingerprint density at radius 3 is 2.18 bits per heavy atom. The second kappa shape index (κ2) is 2.15. The van der Waals surface area contributed by atoms with E-state index in [0.717, 1.165) is 0 Å². The molecule has 0 aromatic rings. The quantitative estimate of drug-likeness (QED) is 0.556. The van der Waals surface area contributed by atoms with Gasteiger partial charge < -0.3 is 17.8 Å². The molecular weight excluding hydrogens is 154 g/mol. The van der Waals surface area contributed by atoms with Crippen LogP contribution >= 0.6 is 0 Å². The second-order valence-corrected chi connectivity index (χ2v) is 3.68. The van der Waals surface area contributed by atoms with Gasteiger partial charge >= 0.3 is 6.98 Å². The maximum absolute atomic E-state index is 11.9. The first-order chi connectivity index (χ1) is 5.04. The fourth-order valence-corrected chi connectivity index (χ4v) is 1.94. The fourth-order valence-electron chi connectivity index (χ4n) is 1.94. The van der Waals surface area contributed by atoms with Crippen molar-refractivity contribution in [3.8, 4) is 0 Å². The highest BCUT2D eigenvalue weighted by molar-refractivity contribution is 6.58. The molecule has 0 radical (unpaired) electrons. The Balaban J connectivity index is 1.80. The lowest BCUT2D eigenvalue weighted by molar-refractivity contribution is 0.305. The Labute approximate surface area is 63.6 Å². The summed E-state index contributed by atoms with van der Waals surface area (Å²) in [5.74, 6) is 1.21. The highest BCUT2D eigenvalue weighted by Gasteiger charge is 2.46. The molecule has 0 bridgehead atoms. The summed E-state index contributed by atoms with van der Waals surface area (Å²) in [6, 6.07) is 0. The summed E-state index contributed by atoms with van der Waals surface area (Å²) in [6.07, 6.45) is 0.522. The minimum atomic E-state index is -4.59. The number of rotatable bonds is 2. The standard InChI is InChI=1S/C6H10BF3N/c8-7(9,10)4-11-2-5-1-6(5)3-11/h5-6H,1-4H2/q-1. The van der Waals surface area contributed by atoms with Gasteiger partial charge in [-0.3, -0.25) is 0 Å². The molecule has 1 heterocycles. The third-order valence-electron chi connectivity index (χ3n) is 2.52. The third-order valence-corrected chi connectivity index (χ3v) is 2.52. The first kappa shape index (κ1) is 7.46. The number of fused-ring (bicyclic) bond motifs is 1. The first-order valence-electron chi connectivity index (χ1n) is 3.98. The van der Waals surface area contributed by atoms with Crippen LogP contribution in [0.4, 0.5) is 12.9 Å². The van der Waals surface area contributed by atoms with Gasteiger partial charge in [0.25, 0.3) is 0 Å². The van der Waals surface area contributed by atoms with Crippen molar-refractivity contribution in [3.63, 3.8) is 0 Å². The van der Waals surface area contributed by atoms with Crippen LogP contribution in [0.25, 0.3) is 0 Å². The van der Waals surface area contributed by atoms with E-state index in [1.165, 1.54) is 6.42 Å². The molecule has 2 unspecified atom stereocenters. The van der Waals surface area contributed by atoms with Gasteiger partial charge in [0.2, 0.25) is 0 Å². The predicted octanol–water partition coefficient (Wildman–Crippen LogP) is 1.32. The van der Waals surface area contributed by atoms with Gasteiger partial charge in [0, 0.05) is 0 Å². The van der Waals surface area contributed by atoms with Crippen molar-refractivity contribution in [2.75, 3.05) is 19.5 Å². The molecule has 0 amide bonds. The fraction of sp³-hybridized carbons (Fsp3) is 1.00. The van der Waals surface area contributed by atoms with Gasteiger partial charge in [-0.2, -0.15) is 0 Å². The number of piperidine rings is 1. The maximum Gasteiger partial charge on any atom is 0.492 e. The van der Waals surface area contributed by atoms with E-state index in [1.807, 2.05) is 0 Å². The molecule has 1 aliphatic heterocycles. The van der Waals surface area contributed by atoms with Gasteiger partial charge in [-0.1, -0.05) is 0 Å². The predicted molar refractivity (Wildman–Crippen MR) is 37.1 cm³/mol. The van der Waals surface area contributed by atoms with Crippen LogP contribution in [0.2, 0.25) is 0 Å². The summed E-state index contributed by atoms with van der Waals surface area (Å²) >= 11 is 0. The molecule has 1 aliphatic carbocycles. The number of halogens is 3. The monoisotopic (exact) mass is 164 g/mol. The van der Waals surface area contributed by atoms with Gasteiger partial charge in [-0.25, -0.2) is 0 Å². The van der Waals surface area contributed by atoms with Crippen LogP contribution < -0.4 is 0 Å². The van der Waals surface area contributed by atoms with Crippen molar-refractivity contribution in [2.45, 2.75) is 6.42 Å². The Bertz CT molecular complexity index is 160. The molecule has 0 N–H and O–H groups in total. The smallest absolute Gasteiger partial charge is 0.448 e. The van der Waals surface area contributed by atoms with Crippen LogP contribution in [0.1, 0.15) is 6.42 Å². The molecule has 1 nitrogen and oxygen atoms in total. The normalized spacial score (nSPS) is 37.4. The zero-order valence-electron chi connectivity index (χ0n) is 6.14. The lowest BCUT2D eigenvalue weighted by Gasteiger charge is -2.24. The summed E-state index contributed by atoms with van der Waals surface area (Å²) in [5, 5.41) is 0. The SMILES string of the molecule is F[B-](F)(F)CN1CC2CC2C1. The molecule has 64 valence electrons. The van der Waals surface area contributed by atoms with E-state index in [4.69, 9.17) is 0 Å². The van der Waals surface area contributed by atoms with E-state index in [1.54, 1.807) is 4.90 Å². The summed E-state index contributed by atoms with van der Waals surface area (Å²) in [4.78, 5) is 1.54. The average Bonchev–Trinajstić information content (AvgIpc) is 2.36. The van der Waals surface area contributed by atoms with Gasteiger partial charge in [0.1, 0.15) is 0 Å². The lowest BCUT2D eigenvalue weighted by atomic mass is 9.91. The molecule has 2 atom stereocenters. The Morgan fingerprint density at radius 2 is 1.73 bits per heavy atom. The number of nitrogens with zero attached hydrogens (tertiary/aromatic N) is 1. The van der Waals surface area contributed by atoms with E-state index in [2.05, 4.69) is 0 Å². The van der Waals surface area contributed by atoms with Crippen molar-refractivity contribution in [2.24, 2.45) is 11.8 Å². The molecule has 1 saturated heterocycles. The topological polar surface area (TPSA) is 3.24 Å². The minimum Gasteiger partial charge on any atom is -0.448 e. The molecule has 2 fully saturated rings. The first-order valence-corrected chi connectivity index (χ1v) is 3.98. The Morgan fingerprint density at radius 1 is 1.18 bits per heavy atom. The minimum absolute atomic E-state index is 0.605. The van der Waals surface area contributed by atoms with Crippen molar-refractivity contribution in [3.05, 3.63) is 0 Å². The molecular formula is C6H10BF3N-. The van der Waals surface area contributed by atoms with E-state index in [-0.39, 0.29) is 0 Å². The van der Waals surface area contributed by atoms with Crippen LogP contribution in [0, 0.1) is 11.8 Å². The molecule has 0 aromatic heterocycles. The zero-order valence-corrected chi connectivity index (χ0v) is 6.14. The molecule has 0 aromatic carbocycles. The van der Waals surface area contributed by atoms with Crippen LogP contribution in [-0.2, 0) is 0 Å². The van der Waals surface area contributed by atoms with Gasteiger partial charge in [-0.15, -0.1) is 0 Å². The van der Waals surface area contributed by atoms with Crippen LogP contribution in [-0.4, -0.2) is 31.4 Å². The largest absolute Gasteiger partial charge is 0.492 e. The highest BCUT2D eigenvalue weighted by atomic mass is 19.4. The summed E-state index contributed by atoms with van der Waals surface area (Å²) in [5.41, 5.74) is 0. The van der Waals surface area contributed by atoms with Crippen LogP contribution in [0.15, 0.2) is 0 Å². The van der Waals surface area contributed by atoms with E-state index in [9.17, 15) is 12.9 Å². The summed E-state index contributed by atoms with van der Waals surface area (Å²) in [7, 11) is 0. The highest BCUT2D eigenvalue weighted by Crippen LogP contribution is 2.45. The molecule has 2 rings (SSSR count). The van der Waals surface area contributed by atoms with Crippen LogP contribution in [0.3, 0.4) is 0 Å². The van der Waals surface area contributed by atoms with Crippen LogP contribution in [0.5, 0.6) is 0 Å². The number of likely N-dealkylation sites (tertiary alicyclic amines) is 1. The van der Waals surface area contributed by atoms with Gasteiger partial charge in [-0.05, 0) is 37.8 Å². The average molecular weight is 164 g/mol. The molecule has 5 heteroatoms. The maximum atomic E-state index is 11.9. The lowest BCUT2D eigenvalue weighted by Crippen LogP contribution is -2.37. The summed E-state index contributed by atoms with van der Waals surface area (Å²) in [6.45, 7) is -3.22. The third kappa shape index (κ3) is 1.69. The van der Waals surface area contributed by atoms with E-state index in [0.29, 0.717) is 24.9 Å². The van der Waals surface area contributed by atoms with Crippen molar-refractivity contribution in [1.82, 2.24) is 4.90 Å². The van der Waals surface area contributed by atoms with Gasteiger partial charge in [0.15, 0.2) is 0 Å². The Hall–Kier alpha value is -0.185. The van der Waals surface area contributed by atoms with E-state index >= 15 is 0 Å². The molecule has 0 spiro atoms. The summed E-state index contributed by atoms with van der Waals surface area (Å²) < 4.78 is 35.6. The second-order valence-electron chi connectivity index (χ2n) is 3.68.